The second-order valence-corrected chi connectivity index (χ2v) is 10.2. The first kappa shape index (κ1) is 22.3. The molecule has 0 spiro atoms. The fourth-order valence-electron chi connectivity index (χ4n) is 5.16. The van der Waals surface area contributed by atoms with E-state index in [4.69, 9.17) is 14.8 Å². The number of fused-ring (bicyclic) bond motifs is 1. The highest BCUT2D eigenvalue weighted by Gasteiger charge is 2.25. The van der Waals surface area contributed by atoms with Gasteiger partial charge in [-0.25, -0.2) is 4.98 Å². The number of aromatic nitrogens is 3. The summed E-state index contributed by atoms with van der Waals surface area (Å²) in [6.45, 7) is 6.67. The van der Waals surface area contributed by atoms with Gasteiger partial charge in [-0.15, -0.1) is 0 Å². The molecule has 184 valence electrons. The molecule has 1 aliphatic carbocycles. The number of nitrogens with one attached hydrogen (secondary N) is 2. The molecule has 6 rings (SSSR count). The van der Waals surface area contributed by atoms with Gasteiger partial charge in [0.05, 0.1) is 6.20 Å². The second-order valence-electron chi connectivity index (χ2n) is 10.2. The molecule has 3 aliphatic rings. The summed E-state index contributed by atoms with van der Waals surface area (Å²) < 4.78 is 7.46. The van der Waals surface area contributed by atoms with E-state index < -0.39 is 0 Å². The molecule has 2 saturated heterocycles. The molecule has 1 saturated carbocycles. The molecular formula is C27H34N6O2. The van der Waals surface area contributed by atoms with Crippen molar-refractivity contribution in [2.75, 3.05) is 43.1 Å². The van der Waals surface area contributed by atoms with Crippen molar-refractivity contribution in [1.82, 2.24) is 19.9 Å². The third kappa shape index (κ3) is 4.72. The van der Waals surface area contributed by atoms with Crippen LogP contribution >= 0.6 is 0 Å². The second kappa shape index (κ2) is 9.49. The molecule has 1 amide bonds. The molecule has 2 N–H and O–H groups in total. The topological polar surface area (TPSA) is 83.8 Å². The van der Waals surface area contributed by atoms with E-state index in [-0.39, 0.29) is 5.91 Å². The molecule has 4 heterocycles. The number of carbonyl (C=O) groups excluding carboxylic acids is 1. The van der Waals surface area contributed by atoms with Crippen LogP contribution in [0, 0.1) is 12.8 Å². The first-order valence-electron chi connectivity index (χ1n) is 13.0. The van der Waals surface area contributed by atoms with Crippen molar-refractivity contribution in [1.29, 1.82) is 0 Å². The molecule has 3 aromatic rings. The van der Waals surface area contributed by atoms with Gasteiger partial charge < -0.3 is 20.3 Å². The van der Waals surface area contributed by atoms with E-state index >= 15 is 0 Å². The molecule has 0 unspecified atom stereocenters. The molecule has 1 aromatic carbocycles. The van der Waals surface area contributed by atoms with Crippen LogP contribution in [0.4, 0.5) is 11.6 Å². The van der Waals surface area contributed by atoms with Crippen LogP contribution in [0.5, 0.6) is 0 Å². The lowest BCUT2D eigenvalue weighted by Crippen LogP contribution is -2.26. The summed E-state index contributed by atoms with van der Waals surface area (Å²) in [4.78, 5) is 20.0. The summed E-state index contributed by atoms with van der Waals surface area (Å²) in [5, 5.41) is 11.5. The quantitative estimate of drug-likeness (QED) is 0.538. The lowest BCUT2D eigenvalue weighted by Gasteiger charge is -2.23. The van der Waals surface area contributed by atoms with E-state index in [1.165, 1.54) is 12.8 Å². The number of aryl methyl sites for hydroxylation is 1. The van der Waals surface area contributed by atoms with Crippen molar-refractivity contribution in [3.05, 3.63) is 41.6 Å². The number of hydrogen-bond donors (Lipinski definition) is 2. The van der Waals surface area contributed by atoms with Crippen LogP contribution in [0.3, 0.4) is 0 Å². The van der Waals surface area contributed by atoms with Crippen LogP contribution in [-0.4, -0.2) is 59.4 Å². The van der Waals surface area contributed by atoms with Gasteiger partial charge in [0.15, 0.2) is 5.65 Å². The number of ether oxygens (including phenoxy) is 1. The Labute approximate surface area is 206 Å². The third-order valence-corrected chi connectivity index (χ3v) is 7.50. The average molecular weight is 475 g/mol. The minimum absolute atomic E-state index is 0.0189. The van der Waals surface area contributed by atoms with Crippen molar-refractivity contribution in [2.24, 2.45) is 5.92 Å². The number of hydrogen-bond acceptors (Lipinski definition) is 6. The maximum atomic E-state index is 12.6. The van der Waals surface area contributed by atoms with Gasteiger partial charge in [-0.3, -0.25) is 4.79 Å². The highest BCUT2D eigenvalue weighted by Crippen LogP contribution is 2.31. The number of carbonyl (C=O) groups is 1. The fourth-order valence-corrected chi connectivity index (χ4v) is 5.16. The molecule has 8 nitrogen and oxygen atoms in total. The summed E-state index contributed by atoms with van der Waals surface area (Å²) in [5.41, 5.74) is 4.56. The van der Waals surface area contributed by atoms with Crippen molar-refractivity contribution in [2.45, 2.75) is 51.5 Å². The first-order valence-corrected chi connectivity index (χ1v) is 13.0. The zero-order chi connectivity index (χ0) is 23.8. The van der Waals surface area contributed by atoms with Gasteiger partial charge >= 0.3 is 0 Å². The predicted molar refractivity (Wildman–Crippen MR) is 137 cm³/mol. The van der Waals surface area contributed by atoms with Gasteiger partial charge in [0, 0.05) is 56.1 Å². The van der Waals surface area contributed by atoms with E-state index in [0.717, 1.165) is 98.1 Å². The number of amides is 1. The van der Waals surface area contributed by atoms with Gasteiger partial charge in [-0.05, 0) is 68.6 Å². The van der Waals surface area contributed by atoms with Gasteiger partial charge in [0.1, 0.15) is 11.6 Å². The molecule has 0 radical (unpaired) electrons. The number of benzene rings is 1. The van der Waals surface area contributed by atoms with Crippen molar-refractivity contribution >= 4 is 23.2 Å². The molecule has 2 aromatic heterocycles. The third-order valence-electron chi connectivity index (χ3n) is 7.50. The summed E-state index contributed by atoms with van der Waals surface area (Å²) in [7, 11) is 0. The Morgan fingerprint density at radius 3 is 2.66 bits per heavy atom. The average Bonchev–Trinajstić information content (AvgIpc) is 3.33. The van der Waals surface area contributed by atoms with E-state index in [1.54, 1.807) is 0 Å². The maximum Gasteiger partial charge on any atom is 0.251 e. The lowest BCUT2D eigenvalue weighted by atomic mass is 10.0. The number of nitrogens with zero attached hydrogens (tertiary/aromatic N) is 4. The normalized spacial score (nSPS) is 18.8. The molecule has 2 aliphatic heterocycles. The summed E-state index contributed by atoms with van der Waals surface area (Å²) >= 11 is 0. The van der Waals surface area contributed by atoms with E-state index in [1.807, 2.05) is 29.8 Å². The van der Waals surface area contributed by atoms with E-state index in [2.05, 4.69) is 27.7 Å². The molecule has 3 fully saturated rings. The van der Waals surface area contributed by atoms with Crippen LogP contribution in [0.25, 0.3) is 16.8 Å². The minimum atomic E-state index is 0.0189. The van der Waals surface area contributed by atoms with Crippen molar-refractivity contribution in [3.8, 4) is 11.1 Å². The monoisotopic (exact) mass is 474 g/mol. The maximum absolute atomic E-state index is 12.6. The fraction of sp³-hybridized carbons (Fsp3) is 0.519. The zero-order valence-corrected chi connectivity index (χ0v) is 20.4. The van der Waals surface area contributed by atoms with Crippen molar-refractivity contribution in [3.63, 3.8) is 0 Å². The molecular weight excluding hydrogens is 440 g/mol. The summed E-state index contributed by atoms with van der Waals surface area (Å²) in [5.74, 6) is 2.61. The van der Waals surface area contributed by atoms with Gasteiger partial charge in [-0.1, -0.05) is 12.1 Å². The SMILES string of the molecule is Cc1cc(-c2cnn3c(NCC4CCOCC4)cc(N4CCCC4)nc23)ccc1C(=O)NC1CC1. The van der Waals surface area contributed by atoms with Crippen LogP contribution < -0.4 is 15.5 Å². The lowest BCUT2D eigenvalue weighted by molar-refractivity contribution is 0.0699. The van der Waals surface area contributed by atoms with Gasteiger partial charge in [0.2, 0.25) is 0 Å². The molecule has 35 heavy (non-hydrogen) atoms. The van der Waals surface area contributed by atoms with Gasteiger partial charge in [-0.2, -0.15) is 9.61 Å². The first-order chi connectivity index (χ1) is 17.2. The summed E-state index contributed by atoms with van der Waals surface area (Å²) in [6, 6.07) is 8.52. The standard InChI is InChI=1S/C27H34N6O2/c1-18-14-20(4-7-22(18)27(34)30-21-5-6-21)23-17-29-33-24(28-16-19-8-12-35-13-9-19)15-25(31-26(23)33)32-10-2-3-11-32/h4,7,14-15,17,19,21,28H,2-3,5-6,8-13,16H2,1H3,(H,30,34). The van der Waals surface area contributed by atoms with E-state index in [0.29, 0.717) is 12.0 Å². The summed E-state index contributed by atoms with van der Waals surface area (Å²) in [6.07, 6.45) is 8.65. The van der Waals surface area contributed by atoms with Crippen molar-refractivity contribution < 1.29 is 9.53 Å². The largest absolute Gasteiger partial charge is 0.381 e. The van der Waals surface area contributed by atoms with Crippen LogP contribution in [0.2, 0.25) is 0 Å². The Morgan fingerprint density at radius 2 is 1.91 bits per heavy atom. The zero-order valence-electron chi connectivity index (χ0n) is 20.4. The highest BCUT2D eigenvalue weighted by molar-refractivity contribution is 5.97. The Morgan fingerprint density at radius 1 is 1.11 bits per heavy atom. The van der Waals surface area contributed by atoms with Crippen LogP contribution in [0.1, 0.15) is 54.4 Å². The minimum Gasteiger partial charge on any atom is -0.381 e. The highest BCUT2D eigenvalue weighted by atomic mass is 16.5. The number of rotatable bonds is 7. The smallest absolute Gasteiger partial charge is 0.251 e. The molecule has 0 bridgehead atoms. The number of anilines is 2. The molecule has 0 atom stereocenters. The Balaban J connectivity index is 1.33. The predicted octanol–water partition coefficient (Wildman–Crippen LogP) is 4.04. The Hall–Kier alpha value is -3.13. The van der Waals surface area contributed by atoms with Crippen LogP contribution in [-0.2, 0) is 4.74 Å². The molecule has 8 heteroatoms. The Bertz CT molecular complexity index is 1220. The Kier molecular flexibility index (Phi) is 6.06. The van der Waals surface area contributed by atoms with Gasteiger partial charge in [0.25, 0.3) is 5.91 Å². The van der Waals surface area contributed by atoms with E-state index in [9.17, 15) is 4.79 Å². The van der Waals surface area contributed by atoms with Crippen LogP contribution in [0.15, 0.2) is 30.5 Å².